The molecule has 1 unspecified atom stereocenters. The lowest BCUT2D eigenvalue weighted by Crippen LogP contribution is -2.32. The van der Waals surface area contributed by atoms with E-state index in [2.05, 4.69) is 34.7 Å². The monoisotopic (exact) mass is 554 g/mol. The van der Waals surface area contributed by atoms with Gasteiger partial charge in [-0.1, -0.05) is 46.6 Å². The normalized spacial score (nSPS) is 10.1. The lowest BCUT2D eigenvalue weighted by molar-refractivity contribution is -0.112. The van der Waals surface area contributed by atoms with Gasteiger partial charge in [0.25, 0.3) is 5.91 Å². The molecule has 10 nitrogen and oxygen atoms in total. The second kappa shape index (κ2) is 35.5. The van der Waals surface area contributed by atoms with Crippen LogP contribution in [0.2, 0.25) is 0 Å². The van der Waals surface area contributed by atoms with Gasteiger partial charge >= 0.3 is 0 Å². The molecule has 0 radical (unpaired) electrons. The van der Waals surface area contributed by atoms with Crippen LogP contribution >= 0.6 is 0 Å². The molecule has 0 fully saturated rings. The summed E-state index contributed by atoms with van der Waals surface area (Å²) < 4.78 is 20.9. The average Bonchev–Trinajstić information content (AvgIpc) is 2.98. The molecule has 1 atom stereocenters. The van der Waals surface area contributed by atoms with E-state index in [1.54, 1.807) is 31.2 Å². The molecule has 1 rings (SSSR count). The Labute approximate surface area is 237 Å². The summed E-state index contributed by atoms with van der Waals surface area (Å²) in [5.74, 6) is 5.94. The van der Waals surface area contributed by atoms with Gasteiger partial charge in [0.15, 0.2) is 0 Å². The highest BCUT2D eigenvalue weighted by atomic mass is 16.6. The first kappa shape index (κ1) is 41.0. The van der Waals surface area contributed by atoms with E-state index in [-0.39, 0.29) is 32.3 Å². The van der Waals surface area contributed by atoms with Crippen molar-refractivity contribution in [3.05, 3.63) is 29.8 Å². The second-order valence-electron chi connectivity index (χ2n) is 7.08. The number of nitrogens with two attached hydrogens (primary N) is 1. The summed E-state index contributed by atoms with van der Waals surface area (Å²) in [5.41, 5.74) is 6.30. The molecule has 0 spiro atoms. The number of aldehydes is 1. The summed E-state index contributed by atoms with van der Waals surface area (Å²) in [4.78, 5) is 22.2. The topological polar surface area (TPSA) is 133 Å². The van der Waals surface area contributed by atoms with Crippen LogP contribution in [0.25, 0.3) is 0 Å². The fourth-order valence-electron chi connectivity index (χ4n) is 2.38. The molecule has 10 heteroatoms. The maximum Gasteiger partial charge on any atom is 0.251 e. The van der Waals surface area contributed by atoms with Crippen molar-refractivity contribution >= 4 is 12.2 Å². The Balaban J connectivity index is -0.000000835. The van der Waals surface area contributed by atoms with Crippen molar-refractivity contribution in [2.24, 2.45) is 5.73 Å². The second-order valence-corrected chi connectivity index (χ2v) is 7.08. The third-order valence-electron chi connectivity index (χ3n) is 4.12. The molecular weight excluding hydrogens is 500 g/mol. The van der Waals surface area contributed by atoms with E-state index >= 15 is 0 Å². The van der Waals surface area contributed by atoms with Crippen molar-refractivity contribution in [3.63, 3.8) is 0 Å². The quantitative estimate of drug-likeness (QED) is 0.0881. The number of hydrogen-bond acceptors (Lipinski definition) is 9. The molecule has 0 aliphatic heterocycles. The molecule has 1 aromatic carbocycles. The first-order valence-corrected chi connectivity index (χ1v) is 13.8. The number of rotatable bonds is 19. The minimum atomic E-state index is -0.628. The van der Waals surface area contributed by atoms with Crippen molar-refractivity contribution in [3.8, 4) is 17.6 Å². The number of carbonyl (C=O) groups excluding carboxylic acids is 2. The number of benzene rings is 1. The number of nitrogens with one attached hydrogen (secondary N) is 3. The largest absolute Gasteiger partial charge is 0.489 e. The molecule has 5 N–H and O–H groups in total. The summed E-state index contributed by atoms with van der Waals surface area (Å²) >= 11 is 0. The van der Waals surface area contributed by atoms with Crippen LogP contribution in [-0.2, 0) is 19.0 Å². The zero-order valence-electron chi connectivity index (χ0n) is 25.3. The van der Waals surface area contributed by atoms with Crippen LogP contribution in [0.3, 0.4) is 0 Å². The van der Waals surface area contributed by atoms with E-state index in [1.165, 1.54) is 0 Å². The zero-order chi connectivity index (χ0) is 30.0. The first-order valence-electron chi connectivity index (χ1n) is 13.8. The zero-order valence-corrected chi connectivity index (χ0v) is 25.3. The number of carbonyl (C=O) groups is 2. The maximum atomic E-state index is 12.1. The van der Waals surface area contributed by atoms with Crippen LogP contribution in [0, 0.1) is 11.8 Å². The summed E-state index contributed by atoms with van der Waals surface area (Å²) in [5, 5.41) is 9.04. The number of amides is 1. The van der Waals surface area contributed by atoms with Crippen LogP contribution < -0.4 is 26.4 Å². The standard InChI is InChI=1S/C18H29N3O5.C7H13NO.2C2H6/c1-2-6-20-7-8-21-18(23)15-4-3-5-16(13-15)26-14-17(19)25-12-11-24-10-9-22;1-3-4-6-9-7-5-8-2;2*1-2/h3-5,9,13,17,20H,2,6-8,10-12,14,19H2,1H3,(H,21,23);8H,5-7H2,1-2H3;2*1-2H3. The van der Waals surface area contributed by atoms with Gasteiger partial charge in [-0.05, 0) is 45.1 Å². The van der Waals surface area contributed by atoms with Crippen LogP contribution in [0.15, 0.2) is 24.3 Å². The molecule has 0 heterocycles. The van der Waals surface area contributed by atoms with E-state index in [4.69, 9.17) is 24.7 Å². The molecule has 226 valence electrons. The highest BCUT2D eigenvalue weighted by molar-refractivity contribution is 5.94. The van der Waals surface area contributed by atoms with Gasteiger partial charge in [0.1, 0.15) is 38.1 Å². The van der Waals surface area contributed by atoms with Gasteiger partial charge in [0, 0.05) is 25.2 Å². The number of hydrogen-bond donors (Lipinski definition) is 4. The Morgan fingerprint density at radius 1 is 1.05 bits per heavy atom. The Morgan fingerprint density at radius 2 is 1.79 bits per heavy atom. The lowest BCUT2D eigenvalue weighted by Gasteiger charge is -2.14. The van der Waals surface area contributed by atoms with Gasteiger partial charge in [-0.25, -0.2) is 0 Å². The summed E-state index contributed by atoms with van der Waals surface area (Å²) in [6, 6.07) is 6.88. The molecule has 0 aliphatic rings. The van der Waals surface area contributed by atoms with Crippen LogP contribution in [0.4, 0.5) is 0 Å². The van der Waals surface area contributed by atoms with Gasteiger partial charge in [-0.3, -0.25) is 4.79 Å². The van der Waals surface area contributed by atoms with Crippen LogP contribution in [0.1, 0.15) is 58.3 Å². The molecule has 0 aliphatic carbocycles. The Hall–Kier alpha value is -2.52. The van der Waals surface area contributed by atoms with Crippen molar-refractivity contribution in [2.75, 3.05) is 72.9 Å². The SMILES string of the molecule is CC.CC.CC#CCOCCNC.CCCNCCNC(=O)c1cccc(OCC(N)OCCOCC=O)c1. The van der Waals surface area contributed by atoms with E-state index in [0.29, 0.717) is 30.8 Å². The van der Waals surface area contributed by atoms with Crippen LogP contribution in [0.5, 0.6) is 5.75 Å². The molecule has 0 saturated heterocycles. The Bertz CT molecular complexity index is 725. The van der Waals surface area contributed by atoms with Gasteiger partial charge < -0.3 is 45.4 Å². The predicted molar refractivity (Wildman–Crippen MR) is 159 cm³/mol. The third kappa shape index (κ3) is 29.9. The molecule has 0 bridgehead atoms. The van der Waals surface area contributed by atoms with E-state index in [0.717, 1.165) is 32.7 Å². The summed E-state index contributed by atoms with van der Waals surface area (Å²) in [7, 11) is 1.90. The third-order valence-corrected chi connectivity index (χ3v) is 4.12. The lowest BCUT2D eigenvalue weighted by atomic mass is 10.2. The van der Waals surface area contributed by atoms with Gasteiger partial charge in [0.05, 0.1) is 19.8 Å². The Morgan fingerprint density at radius 3 is 2.44 bits per heavy atom. The van der Waals surface area contributed by atoms with Crippen molar-refractivity contribution < 1.29 is 28.5 Å². The molecular formula is C29H54N4O6. The molecule has 1 amide bonds. The smallest absolute Gasteiger partial charge is 0.251 e. The average molecular weight is 555 g/mol. The summed E-state index contributed by atoms with van der Waals surface area (Å²) in [6.07, 6.45) is 1.11. The molecule has 0 saturated carbocycles. The molecule has 0 aromatic heterocycles. The predicted octanol–water partition coefficient (Wildman–Crippen LogP) is 2.61. The highest BCUT2D eigenvalue weighted by Gasteiger charge is 2.08. The Kier molecular flexibility index (Phi) is 37.3. The van der Waals surface area contributed by atoms with Crippen LogP contribution in [-0.4, -0.2) is 91.3 Å². The number of ether oxygens (including phenoxy) is 4. The van der Waals surface area contributed by atoms with Crippen molar-refractivity contribution in [2.45, 2.75) is 54.2 Å². The fourth-order valence-corrected chi connectivity index (χ4v) is 2.38. The van der Waals surface area contributed by atoms with Gasteiger partial charge in [0.2, 0.25) is 0 Å². The maximum absolute atomic E-state index is 12.1. The molecule has 1 aromatic rings. The minimum absolute atomic E-state index is 0.0403. The fraction of sp³-hybridized carbons (Fsp3) is 0.655. The van der Waals surface area contributed by atoms with Gasteiger partial charge in [-0.2, -0.15) is 0 Å². The van der Waals surface area contributed by atoms with Crippen molar-refractivity contribution in [1.82, 2.24) is 16.0 Å². The summed E-state index contributed by atoms with van der Waals surface area (Å²) in [6.45, 7) is 17.1. The van der Waals surface area contributed by atoms with E-state index < -0.39 is 6.23 Å². The van der Waals surface area contributed by atoms with E-state index in [1.807, 2.05) is 34.7 Å². The highest BCUT2D eigenvalue weighted by Crippen LogP contribution is 2.13. The first-order chi connectivity index (χ1) is 19.1. The van der Waals surface area contributed by atoms with Gasteiger partial charge in [-0.15, -0.1) is 5.92 Å². The molecule has 39 heavy (non-hydrogen) atoms. The van der Waals surface area contributed by atoms with Crippen molar-refractivity contribution in [1.29, 1.82) is 0 Å². The van der Waals surface area contributed by atoms with E-state index in [9.17, 15) is 9.59 Å². The minimum Gasteiger partial charge on any atom is -0.489 e. The number of likely N-dealkylation sites (N-methyl/N-ethyl adjacent to an activating group) is 1.